The van der Waals surface area contributed by atoms with Gasteiger partial charge in [0, 0.05) is 24.3 Å². The van der Waals surface area contributed by atoms with E-state index < -0.39 is 23.7 Å². The zero-order valence-electron chi connectivity index (χ0n) is 25.0. The first-order valence-corrected chi connectivity index (χ1v) is 15.0. The molecule has 2 saturated heterocycles. The Morgan fingerprint density at radius 3 is 2.17 bits per heavy atom. The minimum absolute atomic E-state index is 0.0543. The van der Waals surface area contributed by atoms with Gasteiger partial charge in [-0.3, -0.25) is 14.4 Å². The number of piperazine rings is 1. The van der Waals surface area contributed by atoms with Crippen LogP contribution in [-0.4, -0.2) is 66.5 Å². The minimum Gasteiger partial charge on any atom is -0.378 e. The summed E-state index contributed by atoms with van der Waals surface area (Å²) >= 11 is 0. The van der Waals surface area contributed by atoms with Crippen LogP contribution in [0.2, 0.25) is 0 Å². The van der Waals surface area contributed by atoms with Gasteiger partial charge in [-0.05, 0) is 80.7 Å². The third-order valence-electron chi connectivity index (χ3n) is 8.32. The van der Waals surface area contributed by atoms with Crippen LogP contribution in [0.3, 0.4) is 0 Å². The summed E-state index contributed by atoms with van der Waals surface area (Å²) in [7, 11) is 0. The van der Waals surface area contributed by atoms with Gasteiger partial charge in [0.05, 0.1) is 13.2 Å². The summed E-state index contributed by atoms with van der Waals surface area (Å²) in [6.07, 6.45) is 1.92. The fourth-order valence-corrected chi connectivity index (χ4v) is 6.44. The number of morpholine rings is 1. The normalized spacial score (nSPS) is 22.5. The summed E-state index contributed by atoms with van der Waals surface area (Å²) in [5.41, 5.74) is 3.68. The van der Waals surface area contributed by atoms with Crippen molar-refractivity contribution in [2.75, 3.05) is 31.2 Å². The molecule has 2 aliphatic heterocycles. The van der Waals surface area contributed by atoms with E-state index in [9.17, 15) is 14.4 Å². The number of benzene rings is 2. The minimum atomic E-state index is -0.929. The molecule has 0 aromatic heterocycles. The predicted octanol–water partition coefficient (Wildman–Crippen LogP) is 3.64. The lowest BCUT2D eigenvalue weighted by Crippen LogP contribution is -2.67. The highest BCUT2D eigenvalue weighted by atomic mass is 16.5. The molecule has 1 aliphatic carbocycles. The van der Waals surface area contributed by atoms with Crippen LogP contribution in [-0.2, 0) is 32.0 Å². The smallest absolute Gasteiger partial charge is 0.247 e. The van der Waals surface area contributed by atoms with Crippen LogP contribution in [0.5, 0.6) is 0 Å². The summed E-state index contributed by atoms with van der Waals surface area (Å²) in [5.74, 6) is -0.538. The van der Waals surface area contributed by atoms with E-state index >= 15 is 0 Å². The molecule has 0 spiro atoms. The average Bonchev–Trinajstić information content (AvgIpc) is 3.36. The Bertz CT molecular complexity index is 1240. The molecule has 2 N–H and O–H groups in total. The van der Waals surface area contributed by atoms with Crippen molar-refractivity contribution in [3.05, 3.63) is 65.2 Å². The second kappa shape index (κ2) is 11.8. The number of hydrogen-bond acceptors (Lipinski definition) is 5. The quantitative estimate of drug-likeness (QED) is 0.540. The maximum Gasteiger partial charge on any atom is 0.247 e. The number of nitrogens with one attached hydrogen (secondary N) is 2. The first-order chi connectivity index (χ1) is 19.5. The molecule has 0 unspecified atom stereocenters. The maximum absolute atomic E-state index is 14.5. The SMILES string of the molecule is CC(C)C[C@@H]1C(=O)N[C@H](C2Cc3ccccc3C2)C(=O)N1[C@@H](C(=O)NC(C)(C)C)c1ccc(N2CCOCC2)cc1. The molecule has 0 radical (unpaired) electrons. The fraction of sp³-hybridized carbons (Fsp3) is 0.545. The molecular formula is C33H44N4O4. The summed E-state index contributed by atoms with van der Waals surface area (Å²) in [6.45, 7) is 12.8. The summed E-state index contributed by atoms with van der Waals surface area (Å²) in [5, 5.41) is 6.20. The molecule has 3 amide bonds. The molecule has 0 saturated carbocycles. The summed E-state index contributed by atoms with van der Waals surface area (Å²) < 4.78 is 5.50. The van der Waals surface area contributed by atoms with Crippen LogP contribution in [0.4, 0.5) is 5.69 Å². The van der Waals surface area contributed by atoms with E-state index in [0.717, 1.165) is 31.6 Å². The van der Waals surface area contributed by atoms with Crippen molar-refractivity contribution in [2.45, 2.75) is 77.5 Å². The lowest BCUT2D eigenvalue weighted by Gasteiger charge is -2.45. The Morgan fingerprint density at radius 2 is 1.61 bits per heavy atom. The molecule has 220 valence electrons. The monoisotopic (exact) mass is 560 g/mol. The molecule has 2 heterocycles. The standard InChI is InChI=1S/C33H44N4O4/c1-21(2)18-27-30(38)34-28(25-19-23-8-6-7-9-24(23)20-25)32(40)37(27)29(31(39)35-33(3,4)5)22-10-12-26(13-11-22)36-14-16-41-17-15-36/h6-13,21,25,27-29H,14-20H2,1-5H3,(H,34,38)(H,35,39)/t27-,28-,29-/m1/s1. The van der Waals surface area contributed by atoms with Gasteiger partial charge in [-0.2, -0.15) is 0 Å². The highest BCUT2D eigenvalue weighted by Gasteiger charge is 2.49. The van der Waals surface area contributed by atoms with Crippen molar-refractivity contribution >= 4 is 23.4 Å². The number of anilines is 1. The van der Waals surface area contributed by atoms with Crippen LogP contribution < -0.4 is 15.5 Å². The van der Waals surface area contributed by atoms with Gasteiger partial charge in [0.2, 0.25) is 17.7 Å². The van der Waals surface area contributed by atoms with E-state index in [-0.39, 0.29) is 29.6 Å². The number of hydrogen-bond donors (Lipinski definition) is 2. The van der Waals surface area contributed by atoms with E-state index in [1.165, 1.54) is 11.1 Å². The molecule has 2 aromatic rings. The van der Waals surface area contributed by atoms with Gasteiger partial charge in [0.15, 0.2) is 0 Å². The Kier molecular flexibility index (Phi) is 8.41. The summed E-state index contributed by atoms with van der Waals surface area (Å²) in [4.78, 5) is 46.2. The number of nitrogens with zero attached hydrogens (tertiary/aromatic N) is 2. The molecule has 0 bridgehead atoms. The Labute approximate surface area is 243 Å². The van der Waals surface area contributed by atoms with Gasteiger partial charge < -0.3 is 25.2 Å². The lowest BCUT2D eigenvalue weighted by molar-refractivity contribution is -0.158. The van der Waals surface area contributed by atoms with Gasteiger partial charge in [-0.25, -0.2) is 0 Å². The number of ether oxygens (including phenoxy) is 1. The largest absolute Gasteiger partial charge is 0.378 e. The molecule has 5 rings (SSSR count). The predicted molar refractivity (Wildman–Crippen MR) is 159 cm³/mol. The Morgan fingerprint density at radius 1 is 1.00 bits per heavy atom. The van der Waals surface area contributed by atoms with Crippen molar-refractivity contribution in [3.63, 3.8) is 0 Å². The zero-order chi connectivity index (χ0) is 29.3. The molecule has 2 fully saturated rings. The third-order valence-corrected chi connectivity index (χ3v) is 8.32. The summed E-state index contributed by atoms with van der Waals surface area (Å²) in [6, 6.07) is 13.8. The topological polar surface area (TPSA) is 91.0 Å². The van der Waals surface area contributed by atoms with Gasteiger partial charge in [-0.1, -0.05) is 50.2 Å². The highest BCUT2D eigenvalue weighted by Crippen LogP contribution is 2.36. The van der Waals surface area contributed by atoms with E-state index in [1.54, 1.807) is 4.90 Å². The van der Waals surface area contributed by atoms with Gasteiger partial charge >= 0.3 is 0 Å². The molecule has 3 aliphatic rings. The van der Waals surface area contributed by atoms with Crippen LogP contribution in [0, 0.1) is 11.8 Å². The number of fused-ring (bicyclic) bond motifs is 1. The average molecular weight is 561 g/mol. The lowest BCUT2D eigenvalue weighted by atomic mass is 9.87. The second-order valence-corrected chi connectivity index (χ2v) is 13.1. The van der Waals surface area contributed by atoms with Crippen molar-refractivity contribution in [2.24, 2.45) is 11.8 Å². The van der Waals surface area contributed by atoms with Crippen molar-refractivity contribution in [3.8, 4) is 0 Å². The van der Waals surface area contributed by atoms with Crippen LogP contribution in [0.1, 0.15) is 63.8 Å². The van der Waals surface area contributed by atoms with E-state index in [4.69, 9.17) is 4.74 Å². The highest BCUT2D eigenvalue weighted by molar-refractivity contribution is 6.00. The van der Waals surface area contributed by atoms with E-state index in [2.05, 4.69) is 27.7 Å². The van der Waals surface area contributed by atoms with Gasteiger partial charge in [0.1, 0.15) is 18.1 Å². The first kappa shape index (κ1) is 29.1. The molecule has 8 nitrogen and oxygen atoms in total. The number of carbonyl (C=O) groups excluding carboxylic acids is 3. The van der Waals surface area contributed by atoms with Crippen LogP contribution in [0.15, 0.2) is 48.5 Å². The molecular weight excluding hydrogens is 516 g/mol. The zero-order valence-corrected chi connectivity index (χ0v) is 25.0. The fourth-order valence-electron chi connectivity index (χ4n) is 6.44. The van der Waals surface area contributed by atoms with Crippen molar-refractivity contribution < 1.29 is 19.1 Å². The van der Waals surface area contributed by atoms with Crippen molar-refractivity contribution in [1.29, 1.82) is 0 Å². The molecule has 3 atom stereocenters. The molecule has 41 heavy (non-hydrogen) atoms. The number of amides is 3. The maximum atomic E-state index is 14.5. The Hall–Kier alpha value is -3.39. The van der Waals surface area contributed by atoms with Crippen molar-refractivity contribution in [1.82, 2.24) is 15.5 Å². The first-order valence-electron chi connectivity index (χ1n) is 15.0. The van der Waals surface area contributed by atoms with Gasteiger partial charge in [0.25, 0.3) is 0 Å². The van der Waals surface area contributed by atoms with E-state index in [1.807, 2.05) is 71.0 Å². The number of rotatable bonds is 7. The van der Waals surface area contributed by atoms with Gasteiger partial charge in [-0.15, -0.1) is 0 Å². The third kappa shape index (κ3) is 6.43. The molecule has 2 aromatic carbocycles. The second-order valence-electron chi connectivity index (χ2n) is 13.1. The molecule has 8 heteroatoms. The number of carbonyl (C=O) groups is 3. The van der Waals surface area contributed by atoms with Crippen LogP contribution >= 0.6 is 0 Å². The van der Waals surface area contributed by atoms with E-state index in [0.29, 0.717) is 25.2 Å². The Balaban J connectivity index is 1.52. The van der Waals surface area contributed by atoms with Crippen LogP contribution in [0.25, 0.3) is 0 Å².